The SMILES string of the molecule is O=C1CCN(CC2CC2)c2ccccc2N1CC1CC1. The molecule has 1 aliphatic heterocycles. The van der Waals surface area contributed by atoms with Gasteiger partial charge in [0.25, 0.3) is 0 Å². The van der Waals surface area contributed by atoms with Crippen LogP contribution >= 0.6 is 0 Å². The molecule has 1 aromatic rings. The normalized spacial score (nSPS) is 22.7. The highest BCUT2D eigenvalue weighted by molar-refractivity contribution is 5.98. The van der Waals surface area contributed by atoms with Gasteiger partial charge in [-0.15, -0.1) is 0 Å². The highest BCUT2D eigenvalue weighted by atomic mass is 16.2. The average molecular weight is 270 g/mol. The number of fused-ring (bicyclic) bond motifs is 1. The lowest BCUT2D eigenvalue weighted by molar-refractivity contribution is -0.118. The maximum Gasteiger partial charge on any atom is 0.228 e. The molecule has 2 fully saturated rings. The molecule has 4 rings (SSSR count). The minimum Gasteiger partial charge on any atom is -0.369 e. The molecule has 0 bridgehead atoms. The van der Waals surface area contributed by atoms with Gasteiger partial charge in [-0.2, -0.15) is 0 Å². The molecule has 1 amide bonds. The number of anilines is 2. The Hall–Kier alpha value is -1.51. The first-order valence-corrected chi connectivity index (χ1v) is 7.95. The molecule has 106 valence electrons. The third-order valence-corrected chi connectivity index (χ3v) is 4.72. The lowest BCUT2D eigenvalue weighted by Gasteiger charge is -2.26. The monoisotopic (exact) mass is 270 g/mol. The Kier molecular flexibility index (Phi) is 2.94. The van der Waals surface area contributed by atoms with Gasteiger partial charge in [0.2, 0.25) is 5.91 Å². The van der Waals surface area contributed by atoms with Gasteiger partial charge in [-0.1, -0.05) is 12.1 Å². The van der Waals surface area contributed by atoms with Crippen LogP contribution in [0.25, 0.3) is 0 Å². The number of hydrogen-bond acceptors (Lipinski definition) is 2. The van der Waals surface area contributed by atoms with Crippen molar-refractivity contribution in [1.82, 2.24) is 0 Å². The maximum atomic E-state index is 12.5. The zero-order valence-electron chi connectivity index (χ0n) is 11.9. The van der Waals surface area contributed by atoms with Gasteiger partial charge in [0.05, 0.1) is 11.4 Å². The molecule has 3 aliphatic rings. The van der Waals surface area contributed by atoms with Crippen LogP contribution in [-0.2, 0) is 4.79 Å². The van der Waals surface area contributed by atoms with Crippen molar-refractivity contribution in [1.29, 1.82) is 0 Å². The van der Waals surface area contributed by atoms with Crippen LogP contribution < -0.4 is 9.80 Å². The molecule has 2 saturated carbocycles. The van der Waals surface area contributed by atoms with Crippen molar-refractivity contribution in [3.05, 3.63) is 24.3 Å². The first kappa shape index (κ1) is 12.2. The largest absolute Gasteiger partial charge is 0.369 e. The van der Waals surface area contributed by atoms with E-state index >= 15 is 0 Å². The first-order chi connectivity index (χ1) is 9.81. The summed E-state index contributed by atoms with van der Waals surface area (Å²) in [6.45, 7) is 2.93. The lowest BCUT2D eigenvalue weighted by atomic mass is 10.2. The average Bonchev–Trinajstić information content (AvgIpc) is 3.34. The summed E-state index contributed by atoms with van der Waals surface area (Å²) in [5, 5.41) is 0. The molecule has 3 nitrogen and oxygen atoms in total. The fourth-order valence-corrected chi connectivity index (χ4v) is 3.14. The molecule has 3 heteroatoms. The number of amides is 1. The number of nitrogens with zero attached hydrogens (tertiary/aromatic N) is 2. The van der Waals surface area contributed by atoms with Gasteiger partial charge in [0.15, 0.2) is 0 Å². The summed E-state index contributed by atoms with van der Waals surface area (Å²) in [5.74, 6) is 1.90. The van der Waals surface area contributed by atoms with E-state index in [2.05, 4.69) is 34.1 Å². The summed E-state index contributed by atoms with van der Waals surface area (Å²) < 4.78 is 0. The molecule has 1 heterocycles. The van der Waals surface area contributed by atoms with Gasteiger partial charge in [0.1, 0.15) is 0 Å². The van der Waals surface area contributed by atoms with Crippen LogP contribution in [0.2, 0.25) is 0 Å². The third-order valence-electron chi connectivity index (χ3n) is 4.72. The predicted molar refractivity (Wildman–Crippen MR) is 81.1 cm³/mol. The van der Waals surface area contributed by atoms with Crippen LogP contribution in [-0.4, -0.2) is 25.5 Å². The molecule has 0 radical (unpaired) electrons. The van der Waals surface area contributed by atoms with Crippen molar-refractivity contribution in [2.24, 2.45) is 11.8 Å². The summed E-state index contributed by atoms with van der Waals surface area (Å²) in [7, 11) is 0. The van der Waals surface area contributed by atoms with Gasteiger partial charge < -0.3 is 9.80 Å². The zero-order chi connectivity index (χ0) is 13.5. The Bertz CT molecular complexity index is 519. The second-order valence-electron chi connectivity index (χ2n) is 6.58. The Morgan fingerprint density at radius 2 is 1.60 bits per heavy atom. The number of para-hydroxylation sites is 2. The van der Waals surface area contributed by atoms with Crippen molar-refractivity contribution in [3.8, 4) is 0 Å². The fourth-order valence-electron chi connectivity index (χ4n) is 3.14. The molecule has 0 unspecified atom stereocenters. The van der Waals surface area contributed by atoms with E-state index in [-0.39, 0.29) is 0 Å². The van der Waals surface area contributed by atoms with Crippen molar-refractivity contribution in [2.45, 2.75) is 32.1 Å². The highest BCUT2D eigenvalue weighted by Crippen LogP contribution is 2.39. The molecular weight excluding hydrogens is 248 g/mol. The molecule has 0 atom stereocenters. The summed E-state index contributed by atoms with van der Waals surface area (Å²) in [4.78, 5) is 17.0. The number of carbonyl (C=O) groups excluding carboxylic acids is 1. The molecule has 0 aromatic heterocycles. The Morgan fingerprint density at radius 3 is 2.30 bits per heavy atom. The zero-order valence-corrected chi connectivity index (χ0v) is 11.9. The standard InChI is InChI=1S/C17H22N2O/c20-17-9-10-18(11-13-5-6-13)15-3-1-2-4-16(15)19(17)12-14-7-8-14/h1-4,13-14H,5-12H2. The highest BCUT2D eigenvalue weighted by Gasteiger charge is 2.33. The molecule has 0 N–H and O–H groups in total. The molecule has 0 saturated heterocycles. The second kappa shape index (κ2) is 4.80. The van der Waals surface area contributed by atoms with Crippen molar-refractivity contribution in [2.75, 3.05) is 29.4 Å². The van der Waals surface area contributed by atoms with E-state index in [1.54, 1.807) is 0 Å². The second-order valence-corrected chi connectivity index (χ2v) is 6.58. The molecule has 1 aromatic carbocycles. The number of carbonyl (C=O) groups is 1. The number of hydrogen-bond donors (Lipinski definition) is 0. The number of benzene rings is 1. The van der Waals surface area contributed by atoms with Crippen LogP contribution in [0.5, 0.6) is 0 Å². The van der Waals surface area contributed by atoms with E-state index in [9.17, 15) is 4.79 Å². The maximum absolute atomic E-state index is 12.5. The van der Waals surface area contributed by atoms with E-state index in [1.165, 1.54) is 31.4 Å². The molecule has 20 heavy (non-hydrogen) atoms. The Labute approximate surface area is 120 Å². The van der Waals surface area contributed by atoms with E-state index < -0.39 is 0 Å². The van der Waals surface area contributed by atoms with Crippen molar-refractivity contribution in [3.63, 3.8) is 0 Å². The quantitative estimate of drug-likeness (QED) is 0.839. The summed E-state index contributed by atoms with van der Waals surface area (Å²) in [6.07, 6.45) is 5.96. The molecule has 0 spiro atoms. The first-order valence-electron chi connectivity index (χ1n) is 7.95. The topological polar surface area (TPSA) is 23.6 Å². The van der Waals surface area contributed by atoms with Gasteiger partial charge in [-0.05, 0) is 49.7 Å². The van der Waals surface area contributed by atoms with E-state index in [4.69, 9.17) is 0 Å². The van der Waals surface area contributed by atoms with Gasteiger partial charge >= 0.3 is 0 Å². The van der Waals surface area contributed by atoms with Crippen LogP contribution in [0.1, 0.15) is 32.1 Å². The Morgan fingerprint density at radius 1 is 0.950 bits per heavy atom. The predicted octanol–water partition coefficient (Wildman–Crippen LogP) is 3.05. The Balaban J connectivity index is 1.66. The number of rotatable bonds is 4. The molecule has 2 aliphatic carbocycles. The van der Waals surface area contributed by atoms with E-state index in [0.29, 0.717) is 12.3 Å². The minimum atomic E-state index is 0.308. The summed E-state index contributed by atoms with van der Waals surface area (Å²) in [6, 6.07) is 8.48. The summed E-state index contributed by atoms with van der Waals surface area (Å²) >= 11 is 0. The van der Waals surface area contributed by atoms with Crippen LogP contribution in [0.4, 0.5) is 11.4 Å². The third kappa shape index (κ3) is 2.41. The van der Waals surface area contributed by atoms with Gasteiger partial charge in [-0.3, -0.25) is 4.79 Å². The van der Waals surface area contributed by atoms with Crippen LogP contribution in [0.15, 0.2) is 24.3 Å². The van der Waals surface area contributed by atoms with Gasteiger partial charge in [0, 0.05) is 26.1 Å². The fraction of sp³-hybridized carbons (Fsp3) is 0.588. The van der Waals surface area contributed by atoms with Crippen molar-refractivity contribution >= 4 is 17.3 Å². The van der Waals surface area contributed by atoms with Crippen LogP contribution in [0, 0.1) is 11.8 Å². The lowest BCUT2D eigenvalue weighted by Crippen LogP contribution is -2.32. The van der Waals surface area contributed by atoms with Gasteiger partial charge in [-0.25, -0.2) is 0 Å². The smallest absolute Gasteiger partial charge is 0.228 e. The van der Waals surface area contributed by atoms with E-state index in [1.807, 2.05) is 0 Å². The minimum absolute atomic E-state index is 0.308. The summed E-state index contributed by atoms with van der Waals surface area (Å²) in [5.41, 5.74) is 2.41. The molecular formula is C17H22N2O. The van der Waals surface area contributed by atoms with Crippen molar-refractivity contribution < 1.29 is 4.79 Å². The van der Waals surface area contributed by atoms with Crippen LogP contribution in [0.3, 0.4) is 0 Å². The van der Waals surface area contributed by atoms with E-state index in [0.717, 1.165) is 37.2 Å².